The Balaban J connectivity index is 1.67. The van der Waals surface area contributed by atoms with E-state index in [1.807, 2.05) is 0 Å². The molecule has 0 bridgehead atoms. The number of methoxy groups -OCH3 is 1. The van der Waals surface area contributed by atoms with Gasteiger partial charge in [-0.3, -0.25) is 4.79 Å². The molecule has 1 aliphatic heterocycles. The monoisotopic (exact) mass is 339 g/mol. The molecule has 7 heteroatoms. The van der Waals surface area contributed by atoms with Gasteiger partial charge in [0.2, 0.25) is 6.79 Å². The van der Waals surface area contributed by atoms with E-state index in [1.54, 1.807) is 36.4 Å². The molecule has 0 spiro atoms. The third-order valence-corrected chi connectivity index (χ3v) is 3.81. The molecule has 7 nitrogen and oxygen atoms in total. The maximum absolute atomic E-state index is 12.5. The van der Waals surface area contributed by atoms with Gasteiger partial charge in [-0.05, 0) is 36.4 Å². The first kappa shape index (κ1) is 15.1. The summed E-state index contributed by atoms with van der Waals surface area (Å²) in [6, 6.07) is 11.4. The fraction of sp³-hybridized carbons (Fsp3) is 0.111. The molecule has 0 fully saturated rings. The minimum atomic E-state index is -0.712. The first-order valence-electron chi connectivity index (χ1n) is 7.47. The van der Waals surface area contributed by atoms with Crippen LogP contribution in [-0.2, 0) is 0 Å². The van der Waals surface area contributed by atoms with Gasteiger partial charge in [-0.15, -0.1) is 0 Å². The standard InChI is InChI=1S/C18H13NO6/c1-22-12-3-5-14-10(6-12)7-13(18(21)25-14)17(20)19-11-2-4-15-16(8-11)24-9-23-15/h2-8H,9H2,1H3,(H,19,20). The van der Waals surface area contributed by atoms with Crippen molar-refractivity contribution < 1.29 is 23.4 Å². The van der Waals surface area contributed by atoms with Gasteiger partial charge < -0.3 is 23.9 Å². The van der Waals surface area contributed by atoms with Crippen molar-refractivity contribution in [2.45, 2.75) is 0 Å². The molecule has 1 aliphatic rings. The summed E-state index contributed by atoms with van der Waals surface area (Å²) in [7, 11) is 1.54. The minimum Gasteiger partial charge on any atom is -0.497 e. The lowest BCUT2D eigenvalue weighted by Gasteiger charge is -2.07. The second kappa shape index (κ2) is 5.86. The Hall–Kier alpha value is -3.48. The number of hydrogen-bond donors (Lipinski definition) is 1. The van der Waals surface area contributed by atoms with Crippen LogP contribution in [0.5, 0.6) is 17.2 Å². The highest BCUT2D eigenvalue weighted by Gasteiger charge is 2.17. The van der Waals surface area contributed by atoms with E-state index in [2.05, 4.69) is 5.32 Å². The summed E-state index contributed by atoms with van der Waals surface area (Å²) in [5.41, 5.74) is 0.0548. The smallest absolute Gasteiger partial charge is 0.349 e. The van der Waals surface area contributed by atoms with Crippen LogP contribution in [0.1, 0.15) is 10.4 Å². The molecular formula is C18H13NO6. The lowest BCUT2D eigenvalue weighted by molar-refractivity contribution is 0.102. The van der Waals surface area contributed by atoms with Gasteiger partial charge in [-0.2, -0.15) is 0 Å². The van der Waals surface area contributed by atoms with Crippen molar-refractivity contribution in [3.63, 3.8) is 0 Å². The highest BCUT2D eigenvalue weighted by molar-refractivity contribution is 6.05. The van der Waals surface area contributed by atoms with Gasteiger partial charge in [0.1, 0.15) is 16.9 Å². The van der Waals surface area contributed by atoms with Gasteiger partial charge in [0.25, 0.3) is 5.91 Å². The molecule has 2 aromatic carbocycles. The second-order valence-corrected chi connectivity index (χ2v) is 5.37. The topological polar surface area (TPSA) is 87.0 Å². The molecule has 4 rings (SSSR count). The molecule has 0 atom stereocenters. The van der Waals surface area contributed by atoms with Crippen molar-refractivity contribution in [2.24, 2.45) is 0 Å². The number of fused-ring (bicyclic) bond motifs is 2. The first-order chi connectivity index (χ1) is 12.1. The van der Waals surface area contributed by atoms with Crippen LogP contribution in [0.3, 0.4) is 0 Å². The SMILES string of the molecule is COc1ccc2oc(=O)c(C(=O)Nc3ccc4c(c3)OCO4)cc2c1. The van der Waals surface area contributed by atoms with E-state index in [0.717, 1.165) is 0 Å². The first-order valence-corrected chi connectivity index (χ1v) is 7.47. The lowest BCUT2D eigenvalue weighted by atomic mass is 10.1. The molecule has 1 amide bonds. The van der Waals surface area contributed by atoms with E-state index in [1.165, 1.54) is 13.2 Å². The van der Waals surface area contributed by atoms with Gasteiger partial charge in [0.15, 0.2) is 11.5 Å². The highest BCUT2D eigenvalue weighted by Crippen LogP contribution is 2.34. The highest BCUT2D eigenvalue weighted by atomic mass is 16.7. The van der Waals surface area contributed by atoms with Crippen LogP contribution in [0.2, 0.25) is 0 Å². The third-order valence-electron chi connectivity index (χ3n) is 3.81. The molecule has 3 aromatic rings. The van der Waals surface area contributed by atoms with Gasteiger partial charge >= 0.3 is 5.63 Å². The molecule has 126 valence electrons. The van der Waals surface area contributed by atoms with Crippen LogP contribution in [0.4, 0.5) is 5.69 Å². The maximum Gasteiger partial charge on any atom is 0.349 e. The molecule has 0 unspecified atom stereocenters. The summed E-state index contributed by atoms with van der Waals surface area (Å²) in [5, 5.41) is 3.25. The Morgan fingerprint density at radius 1 is 1.08 bits per heavy atom. The predicted octanol–water partition coefficient (Wildman–Crippen LogP) is 2.78. The largest absolute Gasteiger partial charge is 0.497 e. The van der Waals surface area contributed by atoms with Crippen molar-refractivity contribution >= 4 is 22.6 Å². The van der Waals surface area contributed by atoms with Crippen LogP contribution in [-0.4, -0.2) is 19.8 Å². The number of amides is 1. The number of hydrogen-bond acceptors (Lipinski definition) is 6. The zero-order chi connectivity index (χ0) is 17.4. The number of anilines is 1. The van der Waals surface area contributed by atoms with Crippen molar-refractivity contribution in [1.29, 1.82) is 0 Å². The number of nitrogens with one attached hydrogen (secondary N) is 1. The summed E-state index contributed by atoms with van der Waals surface area (Å²) in [6.45, 7) is 0.142. The number of carbonyl (C=O) groups is 1. The van der Waals surface area contributed by atoms with E-state index in [0.29, 0.717) is 33.9 Å². The van der Waals surface area contributed by atoms with E-state index >= 15 is 0 Å². The normalized spacial score (nSPS) is 12.2. The maximum atomic E-state index is 12.5. The summed E-state index contributed by atoms with van der Waals surface area (Å²) in [6.07, 6.45) is 0. The van der Waals surface area contributed by atoms with Gasteiger partial charge in [-0.1, -0.05) is 0 Å². The van der Waals surface area contributed by atoms with Crippen LogP contribution in [0, 0.1) is 0 Å². The fourth-order valence-electron chi connectivity index (χ4n) is 2.56. The summed E-state index contributed by atoms with van der Waals surface area (Å²) < 4.78 is 20.8. The summed E-state index contributed by atoms with van der Waals surface area (Å²) >= 11 is 0. The molecular weight excluding hydrogens is 326 g/mol. The average Bonchev–Trinajstić information content (AvgIpc) is 3.08. The zero-order valence-corrected chi connectivity index (χ0v) is 13.2. The van der Waals surface area contributed by atoms with Crippen LogP contribution in [0.25, 0.3) is 11.0 Å². The Labute approximate surface area is 141 Å². The quantitative estimate of drug-likeness (QED) is 0.738. The number of carbonyl (C=O) groups excluding carboxylic acids is 1. The molecule has 0 saturated heterocycles. The number of benzene rings is 2. The predicted molar refractivity (Wildman–Crippen MR) is 89.6 cm³/mol. The molecule has 1 aromatic heterocycles. The van der Waals surface area contributed by atoms with Gasteiger partial charge in [-0.25, -0.2) is 4.79 Å². The van der Waals surface area contributed by atoms with Crippen LogP contribution >= 0.6 is 0 Å². The van der Waals surface area contributed by atoms with Crippen molar-refractivity contribution in [2.75, 3.05) is 19.2 Å². The Morgan fingerprint density at radius 2 is 1.92 bits per heavy atom. The third kappa shape index (κ3) is 2.76. The second-order valence-electron chi connectivity index (χ2n) is 5.37. The molecule has 0 radical (unpaired) electrons. The van der Waals surface area contributed by atoms with Gasteiger partial charge in [0.05, 0.1) is 7.11 Å². The molecule has 1 N–H and O–H groups in total. The summed E-state index contributed by atoms with van der Waals surface area (Å²) in [4.78, 5) is 24.6. The summed E-state index contributed by atoms with van der Waals surface area (Å²) in [5.74, 6) is 1.17. The fourth-order valence-corrected chi connectivity index (χ4v) is 2.56. The molecule has 0 aliphatic carbocycles. The van der Waals surface area contributed by atoms with Crippen molar-refractivity contribution in [3.8, 4) is 17.2 Å². The number of ether oxygens (including phenoxy) is 3. The molecule has 25 heavy (non-hydrogen) atoms. The number of rotatable bonds is 3. The lowest BCUT2D eigenvalue weighted by Crippen LogP contribution is -2.20. The zero-order valence-electron chi connectivity index (χ0n) is 13.2. The molecule has 0 saturated carbocycles. The Morgan fingerprint density at radius 3 is 2.76 bits per heavy atom. The van der Waals surface area contributed by atoms with E-state index in [-0.39, 0.29) is 12.4 Å². The van der Waals surface area contributed by atoms with Gasteiger partial charge in [0, 0.05) is 17.1 Å². The van der Waals surface area contributed by atoms with E-state index < -0.39 is 11.5 Å². The average molecular weight is 339 g/mol. The Kier molecular flexibility index (Phi) is 3.53. The minimum absolute atomic E-state index is 0.0987. The van der Waals surface area contributed by atoms with Crippen LogP contribution in [0.15, 0.2) is 51.7 Å². The van der Waals surface area contributed by atoms with E-state index in [9.17, 15) is 9.59 Å². The Bertz CT molecular complexity index is 1040. The molecule has 2 heterocycles. The van der Waals surface area contributed by atoms with Crippen molar-refractivity contribution in [1.82, 2.24) is 0 Å². The van der Waals surface area contributed by atoms with E-state index in [4.69, 9.17) is 18.6 Å². The van der Waals surface area contributed by atoms with Crippen molar-refractivity contribution in [3.05, 3.63) is 58.4 Å². The van der Waals surface area contributed by atoms with Crippen LogP contribution < -0.4 is 25.2 Å².